The summed E-state index contributed by atoms with van der Waals surface area (Å²) in [6.07, 6.45) is 5.15. The molecule has 0 saturated carbocycles. The number of oxime groups is 1. The highest BCUT2D eigenvalue weighted by Gasteiger charge is 2.54. The Labute approximate surface area is 206 Å². The number of aromatic nitrogens is 2. The maximum Gasteiger partial charge on any atom is 0.353 e. The number of carbonyl (C=O) groups is 3. The van der Waals surface area contributed by atoms with E-state index in [-0.39, 0.29) is 22.2 Å². The zero-order valence-electron chi connectivity index (χ0n) is 17.6. The van der Waals surface area contributed by atoms with Gasteiger partial charge in [0.15, 0.2) is 10.8 Å². The minimum Gasteiger partial charge on any atom is -0.477 e. The standard InChI is InChI=1S/C20H18N6O5S3/c1-31-25-13(11-8-34-20(21)23-11)16(27)24-14-17(28)26-15(19(29)30)12(9-33-18(14)26)32-6-4-10-3-2-5-22-7-10/h2-8,14,18H,9H2,1H3,(H2,21,23)(H,24,27)(H,29,30)/t14?,18-/m0/s1. The summed E-state index contributed by atoms with van der Waals surface area (Å²) in [5, 5.41) is 19.1. The van der Waals surface area contributed by atoms with Gasteiger partial charge in [-0.25, -0.2) is 9.78 Å². The maximum absolute atomic E-state index is 12.9. The lowest BCUT2D eigenvalue weighted by atomic mass is 10.0. The van der Waals surface area contributed by atoms with E-state index in [0.717, 1.165) is 16.9 Å². The number of carbonyl (C=O) groups excluding carboxylic acids is 2. The van der Waals surface area contributed by atoms with Crippen molar-refractivity contribution in [1.29, 1.82) is 0 Å². The molecular weight excluding hydrogens is 500 g/mol. The van der Waals surface area contributed by atoms with Gasteiger partial charge in [-0.3, -0.25) is 19.5 Å². The molecule has 0 aliphatic carbocycles. The van der Waals surface area contributed by atoms with Crippen LogP contribution in [0.1, 0.15) is 11.3 Å². The van der Waals surface area contributed by atoms with Gasteiger partial charge in [0, 0.05) is 28.4 Å². The maximum atomic E-state index is 12.9. The summed E-state index contributed by atoms with van der Waals surface area (Å²) in [5.41, 5.74) is 6.50. The number of fused-ring (bicyclic) bond motifs is 1. The van der Waals surface area contributed by atoms with E-state index in [2.05, 4.69) is 20.4 Å². The average molecular weight is 519 g/mol. The molecule has 11 nitrogen and oxygen atoms in total. The van der Waals surface area contributed by atoms with Crippen LogP contribution in [0.3, 0.4) is 0 Å². The molecule has 2 atom stereocenters. The number of nitrogens with one attached hydrogen (secondary N) is 1. The van der Waals surface area contributed by atoms with E-state index in [4.69, 9.17) is 10.6 Å². The first-order valence-electron chi connectivity index (χ1n) is 9.68. The Hall–Kier alpha value is -3.36. The third kappa shape index (κ3) is 4.78. The minimum absolute atomic E-state index is 0.0851. The highest BCUT2D eigenvalue weighted by Crippen LogP contribution is 2.43. The number of thioether (sulfide) groups is 2. The molecule has 0 bridgehead atoms. The van der Waals surface area contributed by atoms with Gasteiger partial charge in [-0.2, -0.15) is 0 Å². The van der Waals surface area contributed by atoms with Crippen LogP contribution < -0.4 is 11.1 Å². The zero-order valence-corrected chi connectivity index (χ0v) is 20.0. The van der Waals surface area contributed by atoms with Gasteiger partial charge in [0.25, 0.3) is 11.8 Å². The third-order valence-corrected chi connectivity index (χ3v) is 7.77. The van der Waals surface area contributed by atoms with Crippen LogP contribution in [0, 0.1) is 0 Å². The van der Waals surface area contributed by atoms with Crippen LogP contribution in [0.2, 0.25) is 0 Å². The van der Waals surface area contributed by atoms with Crippen LogP contribution in [0.25, 0.3) is 6.08 Å². The normalized spacial score (nSPS) is 20.2. The van der Waals surface area contributed by atoms with Crippen LogP contribution in [-0.4, -0.2) is 67.7 Å². The number of anilines is 1. The molecule has 1 saturated heterocycles. The molecule has 2 aromatic heterocycles. The Morgan fingerprint density at radius 3 is 2.94 bits per heavy atom. The smallest absolute Gasteiger partial charge is 0.353 e. The van der Waals surface area contributed by atoms with Crippen molar-refractivity contribution >= 4 is 69.6 Å². The van der Waals surface area contributed by atoms with Crippen LogP contribution in [0.15, 0.2) is 51.1 Å². The van der Waals surface area contributed by atoms with E-state index in [1.807, 2.05) is 12.1 Å². The first-order valence-corrected chi connectivity index (χ1v) is 12.5. The number of β-lactam (4-membered cyclic amide) rings is 1. The van der Waals surface area contributed by atoms with Crippen LogP contribution in [0.5, 0.6) is 0 Å². The fraction of sp³-hybridized carbons (Fsp3) is 0.200. The van der Waals surface area contributed by atoms with E-state index >= 15 is 0 Å². The second kappa shape index (κ2) is 10.3. The largest absolute Gasteiger partial charge is 0.477 e. The van der Waals surface area contributed by atoms with Gasteiger partial charge >= 0.3 is 5.97 Å². The number of hydrogen-bond donors (Lipinski definition) is 3. The van der Waals surface area contributed by atoms with Gasteiger partial charge in [-0.15, -0.1) is 23.1 Å². The number of thiazole rings is 1. The number of aliphatic carboxylic acids is 1. The fourth-order valence-corrected chi connectivity index (χ4v) is 6.16. The summed E-state index contributed by atoms with van der Waals surface area (Å²) in [4.78, 5) is 52.2. The number of carboxylic acids is 1. The third-order valence-electron chi connectivity index (χ3n) is 4.74. The van der Waals surface area contributed by atoms with E-state index in [0.29, 0.717) is 10.7 Å². The molecule has 0 spiro atoms. The van der Waals surface area contributed by atoms with Crippen molar-refractivity contribution in [2.24, 2.45) is 5.16 Å². The topological polar surface area (TPSA) is 160 Å². The molecule has 4 N–H and O–H groups in total. The van der Waals surface area contributed by atoms with Crippen LogP contribution >= 0.6 is 34.9 Å². The summed E-state index contributed by atoms with van der Waals surface area (Å²) in [6, 6.07) is 2.75. The molecule has 0 radical (unpaired) electrons. The molecule has 2 aliphatic rings. The number of rotatable bonds is 8. The molecule has 2 amide bonds. The van der Waals surface area contributed by atoms with Gasteiger partial charge in [-0.1, -0.05) is 23.0 Å². The summed E-state index contributed by atoms with van der Waals surface area (Å²) in [5.74, 6) is -2.04. The summed E-state index contributed by atoms with van der Waals surface area (Å²) in [6.45, 7) is 0. The zero-order chi connectivity index (χ0) is 24.2. The fourth-order valence-electron chi connectivity index (χ4n) is 3.25. The van der Waals surface area contributed by atoms with Crippen molar-refractivity contribution < 1.29 is 24.3 Å². The Balaban J connectivity index is 1.48. The van der Waals surface area contributed by atoms with E-state index in [9.17, 15) is 19.5 Å². The van der Waals surface area contributed by atoms with Gasteiger partial charge in [0.1, 0.15) is 29.9 Å². The van der Waals surface area contributed by atoms with Crippen molar-refractivity contribution in [3.05, 3.63) is 57.2 Å². The predicted molar refractivity (Wildman–Crippen MR) is 131 cm³/mol. The van der Waals surface area contributed by atoms with E-state index in [1.165, 1.54) is 35.5 Å². The number of hydrogen-bond acceptors (Lipinski definition) is 11. The number of amides is 2. The van der Waals surface area contributed by atoms with E-state index in [1.54, 1.807) is 29.2 Å². The molecule has 4 heterocycles. The molecule has 2 aliphatic heterocycles. The molecular formula is C20H18N6O5S3. The summed E-state index contributed by atoms with van der Waals surface area (Å²) < 4.78 is 0. The van der Waals surface area contributed by atoms with Crippen molar-refractivity contribution in [2.75, 3.05) is 18.6 Å². The number of pyridine rings is 1. The highest BCUT2D eigenvalue weighted by atomic mass is 32.2. The summed E-state index contributed by atoms with van der Waals surface area (Å²) >= 11 is 3.73. The van der Waals surface area contributed by atoms with Crippen LogP contribution in [0.4, 0.5) is 5.13 Å². The van der Waals surface area contributed by atoms with Gasteiger partial charge in [0.2, 0.25) is 0 Å². The Morgan fingerprint density at radius 2 is 2.29 bits per heavy atom. The summed E-state index contributed by atoms with van der Waals surface area (Å²) in [7, 11) is 1.28. The Kier molecular flexibility index (Phi) is 7.19. The van der Waals surface area contributed by atoms with Gasteiger partial charge < -0.3 is 21.0 Å². The molecule has 0 aromatic carbocycles. The Morgan fingerprint density at radius 1 is 1.47 bits per heavy atom. The second-order valence-corrected chi connectivity index (χ2v) is 9.83. The Bertz CT molecular complexity index is 1210. The predicted octanol–water partition coefficient (Wildman–Crippen LogP) is 1.57. The highest BCUT2D eigenvalue weighted by molar-refractivity contribution is 8.08. The lowest BCUT2D eigenvalue weighted by Crippen LogP contribution is -2.71. The van der Waals surface area contributed by atoms with Crippen molar-refractivity contribution in [2.45, 2.75) is 11.4 Å². The van der Waals surface area contributed by atoms with Gasteiger partial charge in [0.05, 0.1) is 0 Å². The first-order chi connectivity index (χ1) is 16.4. The molecule has 14 heteroatoms. The minimum atomic E-state index is -1.21. The lowest BCUT2D eigenvalue weighted by molar-refractivity contribution is -0.150. The van der Waals surface area contributed by atoms with Gasteiger partial charge in [-0.05, 0) is 23.1 Å². The molecule has 4 rings (SSSR count). The average Bonchev–Trinajstić information content (AvgIpc) is 3.26. The monoisotopic (exact) mass is 518 g/mol. The van der Waals surface area contributed by atoms with Crippen LogP contribution in [-0.2, 0) is 19.2 Å². The molecule has 176 valence electrons. The lowest BCUT2D eigenvalue weighted by Gasteiger charge is -2.49. The van der Waals surface area contributed by atoms with Crippen molar-refractivity contribution in [1.82, 2.24) is 20.2 Å². The first kappa shape index (κ1) is 23.8. The quantitative estimate of drug-likeness (QED) is 0.266. The van der Waals surface area contributed by atoms with E-state index < -0.39 is 29.2 Å². The second-order valence-electron chi connectivity index (χ2n) is 6.84. The molecule has 2 aromatic rings. The molecule has 1 unspecified atom stereocenters. The van der Waals surface area contributed by atoms with Crippen molar-refractivity contribution in [3.63, 3.8) is 0 Å². The number of nitrogens with two attached hydrogens (primary N) is 1. The van der Waals surface area contributed by atoms with Crippen molar-refractivity contribution in [3.8, 4) is 0 Å². The molecule has 1 fully saturated rings. The SMILES string of the molecule is CON=C(C(=O)NC1C(=O)N2C(C(=O)O)=C(SC=Cc3cccnc3)CS[C@@H]12)c1csc(N)n1. The number of nitrogens with zero attached hydrogens (tertiary/aromatic N) is 4. The number of nitrogen functional groups attached to an aromatic ring is 1. The molecule has 34 heavy (non-hydrogen) atoms. The number of carboxylic acid groups (broad SMARTS) is 1.